The van der Waals surface area contributed by atoms with Crippen LogP contribution >= 0.6 is 12.2 Å². The smallest absolute Gasteiger partial charge is 0.203 e. The SMILES string of the molecule is CCOc1ccc(C(C)C(C)C(N)=S)c(OCC)c1OCC. The first-order valence-electron chi connectivity index (χ1n) is 7.82. The van der Waals surface area contributed by atoms with Crippen LogP contribution < -0.4 is 19.9 Å². The second-order valence-electron chi connectivity index (χ2n) is 5.09. The van der Waals surface area contributed by atoms with Crippen molar-refractivity contribution in [3.8, 4) is 17.2 Å². The average molecular weight is 325 g/mol. The van der Waals surface area contributed by atoms with Crippen LogP contribution in [0.2, 0.25) is 0 Å². The molecule has 0 bridgehead atoms. The summed E-state index contributed by atoms with van der Waals surface area (Å²) in [7, 11) is 0. The van der Waals surface area contributed by atoms with Crippen LogP contribution in [-0.2, 0) is 0 Å². The second kappa shape index (κ2) is 8.83. The molecule has 2 atom stereocenters. The van der Waals surface area contributed by atoms with Gasteiger partial charge in [0.05, 0.1) is 24.8 Å². The summed E-state index contributed by atoms with van der Waals surface area (Å²) in [5.41, 5.74) is 6.84. The monoisotopic (exact) mass is 325 g/mol. The van der Waals surface area contributed by atoms with Crippen LogP contribution in [0.3, 0.4) is 0 Å². The molecule has 1 rings (SSSR count). The Balaban J connectivity index is 3.37. The Labute approximate surface area is 138 Å². The van der Waals surface area contributed by atoms with E-state index in [-0.39, 0.29) is 11.8 Å². The quantitative estimate of drug-likeness (QED) is 0.698. The van der Waals surface area contributed by atoms with E-state index < -0.39 is 0 Å². The fourth-order valence-corrected chi connectivity index (χ4v) is 2.48. The van der Waals surface area contributed by atoms with Crippen LogP contribution in [0.25, 0.3) is 0 Å². The van der Waals surface area contributed by atoms with Gasteiger partial charge in [0.15, 0.2) is 11.5 Å². The van der Waals surface area contributed by atoms with E-state index in [1.54, 1.807) is 0 Å². The third kappa shape index (κ3) is 4.26. The molecular weight excluding hydrogens is 298 g/mol. The van der Waals surface area contributed by atoms with Crippen molar-refractivity contribution in [3.05, 3.63) is 17.7 Å². The molecule has 0 aliphatic rings. The molecule has 0 aromatic heterocycles. The van der Waals surface area contributed by atoms with Crippen molar-refractivity contribution in [3.63, 3.8) is 0 Å². The molecule has 0 radical (unpaired) electrons. The van der Waals surface area contributed by atoms with E-state index in [4.69, 9.17) is 32.2 Å². The van der Waals surface area contributed by atoms with E-state index in [0.717, 1.165) is 11.3 Å². The topological polar surface area (TPSA) is 53.7 Å². The van der Waals surface area contributed by atoms with Gasteiger partial charge in [0.25, 0.3) is 0 Å². The summed E-state index contributed by atoms with van der Waals surface area (Å²) >= 11 is 5.13. The molecule has 0 amide bonds. The van der Waals surface area contributed by atoms with Gasteiger partial charge in [0.1, 0.15) is 0 Å². The number of hydrogen-bond donors (Lipinski definition) is 1. The Hall–Kier alpha value is -1.49. The highest BCUT2D eigenvalue weighted by atomic mass is 32.1. The molecule has 1 aromatic rings. The van der Waals surface area contributed by atoms with E-state index in [0.29, 0.717) is 36.3 Å². The fourth-order valence-electron chi connectivity index (χ4n) is 2.28. The number of hydrogen-bond acceptors (Lipinski definition) is 4. The van der Waals surface area contributed by atoms with Crippen LogP contribution in [0.4, 0.5) is 0 Å². The van der Waals surface area contributed by atoms with Gasteiger partial charge in [-0.1, -0.05) is 32.1 Å². The molecule has 0 aliphatic carbocycles. The molecule has 22 heavy (non-hydrogen) atoms. The minimum Gasteiger partial charge on any atom is -0.490 e. The molecule has 0 saturated heterocycles. The minimum atomic E-state index is 0.0710. The van der Waals surface area contributed by atoms with Gasteiger partial charge in [0.2, 0.25) is 5.75 Å². The fraction of sp³-hybridized carbons (Fsp3) is 0.588. The zero-order valence-corrected chi connectivity index (χ0v) is 15.0. The maximum Gasteiger partial charge on any atom is 0.203 e. The van der Waals surface area contributed by atoms with Gasteiger partial charge in [-0.15, -0.1) is 0 Å². The van der Waals surface area contributed by atoms with Crippen molar-refractivity contribution in [2.45, 2.75) is 40.5 Å². The lowest BCUT2D eigenvalue weighted by molar-refractivity contribution is 0.258. The highest BCUT2D eigenvalue weighted by Gasteiger charge is 2.25. The highest BCUT2D eigenvalue weighted by molar-refractivity contribution is 7.80. The van der Waals surface area contributed by atoms with Gasteiger partial charge in [-0.25, -0.2) is 0 Å². The Morgan fingerprint density at radius 3 is 2.05 bits per heavy atom. The van der Waals surface area contributed by atoms with Crippen molar-refractivity contribution in [1.29, 1.82) is 0 Å². The van der Waals surface area contributed by atoms with Crippen LogP contribution in [0.1, 0.15) is 46.1 Å². The average Bonchev–Trinajstić information content (AvgIpc) is 2.49. The normalized spacial score (nSPS) is 13.3. The molecule has 2 unspecified atom stereocenters. The summed E-state index contributed by atoms with van der Waals surface area (Å²) < 4.78 is 17.3. The van der Waals surface area contributed by atoms with Crippen molar-refractivity contribution in [2.75, 3.05) is 19.8 Å². The van der Waals surface area contributed by atoms with Crippen LogP contribution in [0, 0.1) is 5.92 Å². The zero-order valence-electron chi connectivity index (χ0n) is 14.1. The van der Waals surface area contributed by atoms with E-state index in [9.17, 15) is 0 Å². The maximum absolute atomic E-state index is 5.87. The van der Waals surface area contributed by atoms with Crippen LogP contribution in [-0.4, -0.2) is 24.8 Å². The maximum atomic E-state index is 5.87. The number of thiocarbonyl (C=S) groups is 1. The first-order valence-corrected chi connectivity index (χ1v) is 8.23. The molecule has 0 saturated carbocycles. The lowest BCUT2D eigenvalue weighted by atomic mass is 9.88. The van der Waals surface area contributed by atoms with Crippen molar-refractivity contribution < 1.29 is 14.2 Å². The predicted molar refractivity (Wildman–Crippen MR) is 94.3 cm³/mol. The number of ether oxygens (including phenoxy) is 3. The molecule has 0 spiro atoms. The molecule has 2 N–H and O–H groups in total. The summed E-state index contributed by atoms with van der Waals surface area (Å²) in [4.78, 5) is 0.502. The van der Waals surface area contributed by atoms with Gasteiger partial charge >= 0.3 is 0 Å². The Kier molecular flexibility index (Phi) is 7.45. The van der Waals surface area contributed by atoms with Crippen LogP contribution in [0.15, 0.2) is 12.1 Å². The molecule has 4 nitrogen and oxygen atoms in total. The van der Waals surface area contributed by atoms with Gasteiger partial charge in [-0.3, -0.25) is 0 Å². The van der Waals surface area contributed by atoms with Gasteiger partial charge in [-0.05, 0) is 32.8 Å². The number of benzene rings is 1. The molecule has 124 valence electrons. The number of nitrogens with two attached hydrogens (primary N) is 1. The molecular formula is C17H27NO3S. The van der Waals surface area contributed by atoms with Crippen molar-refractivity contribution >= 4 is 17.2 Å². The summed E-state index contributed by atoms with van der Waals surface area (Å²) in [6.45, 7) is 11.6. The Morgan fingerprint density at radius 1 is 1.00 bits per heavy atom. The highest BCUT2D eigenvalue weighted by Crippen LogP contribution is 2.44. The first-order chi connectivity index (χ1) is 10.5. The van der Waals surface area contributed by atoms with Crippen molar-refractivity contribution in [1.82, 2.24) is 0 Å². The van der Waals surface area contributed by atoms with Gasteiger partial charge in [0, 0.05) is 11.5 Å². The van der Waals surface area contributed by atoms with E-state index >= 15 is 0 Å². The lowest BCUT2D eigenvalue weighted by Gasteiger charge is -2.24. The summed E-state index contributed by atoms with van der Waals surface area (Å²) in [6.07, 6.45) is 0. The molecule has 0 heterocycles. The molecule has 0 aliphatic heterocycles. The van der Waals surface area contributed by atoms with E-state index in [1.165, 1.54) is 0 Å². The predicted octanol–water partition coefficient (Wildman–Crippen LogP) is 3.91. The third-order valence-corrected chi connectivity index (χ3v) is 4.04. The van der Waals surface area contributed by atoms with Gasteiger partial charge < -0.3 is 19.9 Å². The third-order valence-electron chi connectivity index (χ3n) is 3.67. The summed E-state index contributed by atoms with van der Waals surface area (Å²) in [5, 5.41) is 0. The summed E-state index contributed by atoms with van der Waals surface area (Å²) in [6, 6.07) is 3.94. The van der Waals surface area contributed by atoms with E-state index in [1.807, 2.05) is 39.8 Å². The largest absolute Gasteiger partial charge is 0.490 e. The molecule has 5 heteroatoms. The second-order valence-corrected chi connectivity index (χ2v) is 5.56. The number of rotatable bonds is 9. The Bertz CT molecular complexity index is 505. The minimum absolute atomic E-state index is 0.0710. The van der Waals surface area contributed by atoms with Crippen LogP contribution in [0.5, 0.6) is 17.2 Å². The zero-order chi connectivity index (χ0) is 16.7. The molecule has 0 fully saturated rings. The molecule has 1 aromatic carbocycles. The van der Waals surface area contributed by atoms with E-state index in [2.05, 4.69) is 6.92 Å². The first kappa shape index (κ1) is 18.6. The lowest BCUT2D eigenvalue weighted by Crippen LogP contribution is -2.23. The standard InChI is InChI=1S/C17H27NO3S/c1-6-19-14-10-9-13(11(4)12(5)17(18)22)15(20-7-2)16(14)21-8-3/h9-12H,6-8H2,1-5H3,(H2,18,22). The summed E-state index contributed by atoms with van der Waals surface area (Å²) in [5.74, 6) is 2.29. The van der Waals surface area contributed by atoms with Gasteiger partial charge in [-0.2, -0.15) is 0 Å². The Morgan fingerprint density at radius 2 is 1.55 bits per heavy atom. The van der Waals surface area contributed by atoms with Crippen molar-refractivity contribution in [2.24, 2.45) is 11.7 Å².